The molecule has 3 heteroatoms. The van der Waals surface area contributed by atoms with Crippen LogP contribution in [-0.4, -0.2) is 45.4 Å². The maximum Gasteiger partial charge on any atom is 0.155 e. The van der Waals surface area contributed by atoms with E-state index in [9.17, 15) is 0 Å². The second-order valence-corrected chi connectivity index (χ2v) is 5.95. The van der Waals surface area contributed by atoms with Crippen molar-refractivity contribution in [1.82, 2.24) is 0 Å². The summed E-state index contributed by atoms with van der Waals surface area (Å²) in [5.41, 5.74) is 0. The van der Waals surface area contributed by atoms with E-state index in [0.717, 1.165) is 25.0 Å². The molecule has 0 bridgehead atoms. The van der Waals surface area contributed by atoms with E-state index in [1.807, 2.05) is 0 Å². The van der Waals surface area contributed by atoms with Gasteiger partial charge in [-0.25, -0.2) is 0 Å². The summed E-state index contributed by atoms with van der Waals surface area (Å²) in [5.74, 6) is 1.58. The minimum atomic E-state index is 0.473. The second-order valence-electron chi connectivity index (χ2n) is 5.95. The Labute approximate surface area is 101 Å². The lowest BCUT2D eigenvalue weighted by molar-refractivity contribution is -0.916. The van der Waals surface area contributed by atoms with Gasteiger partial charge in [-0.2, -0.15) is 0 Å². The van der Waals surface area contributed by atoms with Gasteiger partial charge in [-0.3, -0.25) is 0 Å². The molecule has 1 aliphatic heterocycles. The molecule has 1 aliphatic rings. The highest BCUT2D eigenvalue weighted by Gasteiger charge is 2.25. The highest BCUT2D eigenvalue weighted by molar-refractivity contribution is 4.57. The first-order valence-electron chi connectivity index (χ1n) is 6.84. The van der Waals surface area contributed by atoms with Crippen molar-refractivity contribution < 1.29 is 15.0 Å². The molecule has 1 rings (SSSR count). The van der Waals surface area contributed by atoms with Crippen LogP contribution in [0.15, 0.2) is 0 Å². The zero-order valence-electron chi connectivity index (χ0n) is 11.5. The van der Waals surface area contributed by atoms with Gasteiger partial charge in [-0.05, 0) is 0 Å². The smallest absolute Gasteiger partial charge is 0.155 e. The predicted octanol–water partition coefficient (Wildman–Crippen LogP) is -0.854. The topological polar surface area (TPSA) is 30.3 Å². The molecular formula is C13H30N2O+2. The van der Waals surface area contributed by atoms with E-state index in [4.69, 9.17) is 4.74 Å². The molecule has 0 spiro atoms. The van der Waals surface area contributed by atoms with Gasteiger partial charge >= 0.3 is 0 Å². The zero-order valence-corrected chi connectivity index (χ0v) is 11.5. The molecule has 3 N–H and O–H groups in total. The van der Waals surface area contributed by atoms with Crippen LogP contribution in [0.5, 0.6) is 0 Å². The molecule has 0 aliphatic carbocycles. The van der Waals surface area contributed by atoms with Crippen LogP contribution in [0.2, 0.25) is 0 Å². The first kappa shape index (κ1) is 13.9. The molecule has 3 nitrogen and oxygen atoms in total. The van der Waals surface area contributed by atoms with Gasteiger partial charge in [0.25, 0.3) is 0 Å². The van der Waals surface area contributed by atoms with Crippen molar-refractivity contribution >= 4 is 0 Å². The van der Waals surface area contributed by atoms with Crippen molar-refractivity contribution in [1.29, 1.82) is 0 Å². The van der Waals surface area contributed by atoms with Gasteiger partial charge in [0.1, 0.15) is 19.6 Å². The van der Waals surface area contributed by atoms with Crippen molar-refractivity contribution in [3.8, 4) is 0 Å². The third kappa shape index (κ3) is 5.83. The summed E-state index contributed by atoms with van der Waals surface area (Å²) in [7, 11) is 0. The molecule has 0 aromatic heterocycles. The van der Waals surface area contributed by atoms with E-state index in [1.165, 1.54) is 26.2 Å². The van der Waals surface area contributed by atoms with Crippen molar-refractivity contribution in [2.45, 2.75) is 33.8 Å². The molecule has 1 saturated heterocycles. The van der Waals surface area contributed by atoms with Crippen LogP contribution in [0.3, 0.4) is 0 Å². The lowest BCUT2D eigenvalue weighted by Gasteiger charge is -2.30. The normalized spacial score (nSPS) is 26.6. The van der Waals surface area contributed by atoms with Gasteiger partial charge in [0.05, 0.1) is 19.7 Å². The van der Waals surface area contributed by atoms with Gasteiger partial charge < -0.3 is 15.0 Å². The average Bonchev–Trinajstić information content (AvgIpc) is 2.16. The molecule has 16 heavy (non-hydrogen) atoms. The summed E-state index contributed by atoms with van der Waals surface area (Å²) in [5, 5.41) is 2.41. The Balaban J connectivity index is 2.17. The third-order valence-corrected chi connectivity index (χ3v) is 3.09. The van der Waals surface area contributed by atoms with E-state index in [2.05, 4.69) is 33.0 Å². The largest absolute Gasteiger partial charge is 0.361 e. The van der Waals surface area contributed by atoms with Gasteiger partial charge in [0.2, 0.25) is 0 Å². The van der Waals surface area contributed by atoms with Crippen LogP contribution in [0, 0.1) is 11.8 Å². The van der Waals surface area contributed by atoms with Crippen LogP contribution in [-0.2, 0) is 4.74 Å². The Bertz CT molecular complexity index is 183. The van der Waals surface area contributed by atoms with Crippen LogP contribution in [0.4, 0.5) is 0 Å². The van der Waals surface area contributed by atoms with Gasteiger partial charge in [0, 0.05) is 11.8 Å². The molecule has 1 fully saturated rings. The molecule has 1 unspecified atom stereocenters. The maximum atomic E-state index is 5.82. The number of morpholine rings is 1. The molecule has 0 aromatic rings. The number of hydrogen-bond donors (Lipinski definition) is 2. The third-order valence-electron chi connectivity index (χ3n) is 3.09. The Morgan fingerprint density at radius 2 is 2.00 bits per heavy atom. The molecule has 2 atom stereocenters. The number of ether oxygens (including phenoxy) is 1. The maximum absolute atomic E-state index is 5.82. The van der Waals surface area contributed by atoms with Crippen molar-refractivity contribution in [2.75, 3.05) is 39.3 Å². The van der Waals surface area contributed by atoms with Gasteiger partial charge in [0.15, 0.2) is 6.10 Å². The molecule has 0 amide bonds. The number of nitrogens with two attached hydrogens (primary N) is 1. The van der Waals surface area contributed by atoms with Gasteiger partial charge in [-0.1, -0.05) is 27.7 Å². The molecule has 0 saturated carbocycles. The summed E-state index contributed by atoms with van der Waals surface area (Å²) < 4.78 is 5.82. The minimum Gasteiger partial charge on any atom is -0.361 e. The second kappa shape index (κ2) is 7.25. The number of rotatable bonds is 6. The first-order valence-corrected chi connectivity index (χ1v) is 6.84. The van der Waals surface area contributed by atoms with Crippen molar-refractivity contribution in [3.05, 3.63) is 0 Å². The fourth-order valence-corrected chi connectivity index (χ4v) is 2.38. The summed E-state index contributed by atoms with van der Waals surface area (Å²) in [6.45, 7) is 16.2. The van der Waals surface area contributed by atoms with Crippen LogP contribution >= 0.6 is 0 Å². The summed E-state index contributed by atoms with van der Waals surface area (Å²) >= 11 is 0. The Morgan fingerprint density at radius 1 is 1.25 bits per heavy atom. The van der Waals surface area contributed by atoms with Crippen molar-refractivity contribution in [3.63, 3.8) is 0 Å². The average molecular weight is 230 g/mol. The Hall–Kier alpha value is -0.120. The monoisotopic (exact) mass is 230 g/mol. The number of hydrogen-bond acceptors (Lipinski definition) is 1. The van der Waals surface area contributed by atoms with Crippen LogP contribution in [0.1, 0.15) is 27.7 Å². The van der Waals surface area contributed by atoms with Crippen molar-refractivity contribution in [2.24, 2.45) is 11.8 Å². The molecule has 0 radical (unpaired) electrons. The summed E-state index contributed by atoms with van der Waals surface area (Å²) in [6.07, 6.45) is 0.473. The van der Waals surface area contributed by atoms with E-state index in [0.29, 0.717) is 6.10 Å². The Kier molecular flexibility index (Phi) is 6.32. The highest BCUT2D eigenvalue weighted by atomic mass is 16.5. The standard InChI is InChI=1S/C13H28N2O/c1-11(2)7-14-8-13-10-15(5-6-16-13)9-12(3)4/h11-14H,5-10H2,1-4H3/p+2/t13-/m0/s1. The number of nitrogens with one attached hydrogen (secondary N) is 1. The molecule has 96 valence electrons. The molecule has 0 aromatic carbocycles. The predicted molar refractivity (Wildman–Crippen MR) is 66.6 cm³/mol. The highest BCUT2D eigenvalue weighted by Crippen LogP contribution is 1.92. The Morgan fingerprint density at radius 3 is 2.62 bits per heavy atom. The van der Waals surface area contributed by atoms with Crippen LogP contribution in [0.25, 0.3) is 0 Å². The molecule has 1 heterocycles. The SMILES string of the molecule is CC(C)C[NH2+]C[C@H]1C[NH+](CC(C)C)CCO1. The summed E-state index contributed by atoms with van der Waals surface area (Å²) in [4.78, 5) is 1.73. The van der Waals surface area contributed by atoms with Gasteiger partial charge in [-0.15, -0.1) is 0 Å². The first-order chi connectivity index (χ1) is 7.58. The lowest BCUT2D eigenvalue weighted by Crippen LogP contribution is -3.16. The van der Waals surface area contributed by atoms with Crippen LogP contribution < -0.4 is 10.2 Å². The zero-order chi connectivity index (χ0) is 12.0. The minimum absolute atomic E-state index is 0.473. The number of quaternary nitrogens is 2. The quantitative estimate of drug-likeness (QED) is 0.611. The van der Waals surface area contributed by atoms with E-state index in [1.54, 1.807) is 4.90 Å². The fraction of sp³-hybridized carbons (Fsp3) is 1.00. The van der Waals surface area contributed by atoms with E-state index < -0.39 is 0 Å². The fourth-order valence-electron chi connectivity index (χ4n) is 2.38. The van der Waals surface area contributed by atoms with E-state index in [-0.39, 0.29) is 0 Å². The summed E-state index contributed by atoms with van der Waals surface area (Å²) in [6, 6.07) is 0. The molecular weight excluding hydrogens is 200 g/mol. The van der Waals surface area contributed by atoms with E-state index >= 15 is 0 Å². The lowest BCUT2D eigenvalue weighted by atomic mass is 10.1.